The lowest BCUT2D eigenvalue weighted by Crippen LogP contribution is -2.31. The van der Waals surface area contributed by atoms with Crippen molar-refractivity contribution in [2.45, 2.75) is 43.6 Å². The number of benzene rings is 1. The van der Waals surface area contributed by atoms with Crippen molar-refractivity contribution in [2.24, 2.45) is 0 Å². The van der Waals surface area contributed by atoms with Crippen LogP contribution in [0.1, 0.15) is 37.7 Å². The predicted molar refractivity (Wildman–Crippen MR) is 96.2 cm³/mol. The van der Waals surface area contributed by atoms with Crippen molar-refractivity contribution in [1.82, 2.24) is 0 Å². The van der Waals surface area contributed by atoms with Gasteiger partial charge < -0.3 is 4.74 Å². The first-order chi connectivity index (χ1) is 9.72. The maximum Gasteiger partial charge on any atom is 0.0576 e. The third kappa shape index (κ3) is 4.08. The van der Waals surface area contributed by atoms with Gasteiger partial charge in [0.05, 0.1) is 6.10 Å². The van der Waals surface area contributed by atoms with Crippen LogP contribution in [0.5, 0.6) is 0 Å². The van der Waals surface area contributed by atoms with Crippen LogP contribution >= 0.6 is 47.8 Å². The summed E-state index contributed by atoms with van der Waals surface area (Å²) < 4.78 is 6.94. The first-order valence-electron chi connectivity index (χ1n) is 7.20. The Morgan fingerprint density at radius 3 is 2.55 bits per heavy atom. The minimum atomic E-state index is 0.151. The molecule has 0 bridgehead atoms. The molecule has 1 nitrogen and oxygen atoms in total. The van der Waals surface area contributed by atoms with E-state index in [1.165, 1.54) is 42.1 Å². The maximum absolute atomic E-state index is 5.73. The number of rotatable bonds is 7. The van der Waals surface area contributed by atoms with Crippen molar-refractivity contribution in [3.05, 3.63) is 34.3 Å². The molecule has 20 heavy (non-hydrogen) atoms. The number of ether oxygens (including phenoxy) is 1. The van der Waals surface area contributed by atoms with Gasteiger partial charge in [-0.1, -0.05) is 66.0 Å². The number of halogens is 3. The zero-order valence-corrected chi connectivity index (χ0v) is 16.3. The predicted octanol–water partition coefficient (Wildman–Crippen LogP) is 5.83. The molecule has 1 saturated heterocycles. The molecule has 0 spiro atoms. The largest absolute Gasteiger partial charge is 0.378 e. The van der Waals surface area contributed by atoms with Crippen LogP contribution in [-0.4, -0.2) is 23.4 Å². The van der Waals surface area contributed by atoms with Crippen LogP contribution in [0.2, 0.25) is 0 Å². The Hall–Kier alpha value is 0.620. The van der Waals surface area contributed by atoms with Crippen LogP contribution in [0.15, 0.2) is 28.7 Å². The third-order valence-electron chi connectivity index (χ3n) is 4.16. The highest BCUT2D eigenvalue weighted by atomic mass is 79.9. The second-order valence-electron chi connectivity index (χ2n) is 5.55. The van der Waals surface area contributed by atoms with E-state index in [-0.39, 0.29) is 5.41 Å². The molecule has 1 aliphatic rings. The average molecular weight is 469 g/mol. The summed E-state index contributed by atoms with van der Waals surface area (Å²) in [5.74, 6) is 0. The van der Waals surface area contributed by atoms with E-state index in [2.05, 4.69) is 72.1 Å². The smallest absolute Gasteiger partial charge is 0.0576 e. The van der Waals surface area contributed by atoms with Gasteiger partial charge in [-0.25, -0.2) is 0 Å². The molecule has 1 heterocycles. The van der Waals surface area contributed by atoms with Crippen LogP contribution in [0.3, 0.4) is 0 Å². The normalized spacial score (nSPS) is 19.4. The molecule has 0 N–H and O–H groups in total. The van der Waals surface area contributed by atoms with Gasteiger partial charge in [0.2, 0.25) is 0 Å². The van der Waals surface area contributed by atoms with Gasteiger partial charge >= 0.3 is 0 Å². The van der Waals surface area contributed by atoms with Crippen LogP contribution in [-0.2, 0) is 10.2 Å². The second-order valence-corrected chi connectivity index (χ2v) is 7.53. The van der Waals surface area contributed by atoms with Crippen molar-refractivity contribution in [1.29, 1.82) is 0 Å². The topological polar surface area (TPSA) is 9.23 Å². The Kier molecular flexibility index (Phi) is 7.05. The number of hydrogen-bond acceptors (Lipinski definition) is 1. The van der Waals surface area contributed by atoms with Crippen LogP contribution in [0, 0.1) is 0 Å². The number of hydrogen-bond donors (Lipinski definition) is 0. The molecule has 1 aromatic carbocycles. The molecule has 0 radical (unpaired) electrons. The van der Waals surface area contributed by atoms with Gasteiger partial charge in [-0.2, -0.15) is 0 Å². The summed E-state index contributed by atoms with van der Waals surface area (Å²) in [5, 5.41) is 1.94. The highest BCUT2D eigenvalue weighted by Gasteiger charge is 2.31. The maximum atomic E-state index is 5.73. The molecular formula is C16H21Br3O. The summed E-state index contributed by atoms with van der Waals surface area (Å²) >= 11 is 11.2. The third-order valence-corrected chi connectivity index (χ3v) is 7.00. The van der Waals surface area contributed by atoms with E-state index < -0.39 is 0 Å². The Balaban J connectivity index is 2.03. The fourth-order valence-corrected chi connectivity index (χ4v) is 5.68. The number of alkyl halides is 2. The molecule has 1 unspecified atom stereocenters. The van der Waals surface area contributed by atoms with Crippen molar-refractivity contribution < 1.29 is 4.74 Å². The lowest BCUT2D eigenvalue weighted by atomic mass is 9.79. The van der Waals surface area contributed by atoms with Gasteiger partial charge in [-0.15, -0.1) is 0 Å². The van der Waals surface area contributed by atoms with E-state index in [0.717, 1.165) is 17.3 Å². The van der Waals surface area contributed by atoms with Crippen molar-refractivity contribution >= 4 is 47.8 Å². The first kappa shape index (κ1) is 17.0. The van der Waals surface area contributed by atoms with Gasteiger partial charge in [-0.05, 0) is 43.7 Å². The van der Waals surface area contributed by atoms with Crippen molar-refractivity contribution in [2.75, 3.05) is 17.3 Å². The van der Waals surface area contributed by atoms with E-state index in [0.29, 0.717) is 6.10 Å². The summed E-state index contributed by atoms with van der Waals surface area (Å²) in [6, 6.07) is 8.57. The molecule has 4 heteroatoms. The van der Waals surface area contributed by atoms with E-state index in [1.54, 1.807) is 0 Å². The minimum absolute atomic E-state index is 0.151. The van der Waals surface area contributed by atoms with Crippen LogP contribution < -0.4 is 0 Å². The van der Waals surface area contributed by atoms with Crippen LogP contribution in [0.25, 0.3) is 0 Å². The quantitative estimate of drug-likeness (QED) is 0.458. The van der Waals surface area contributed by atoms with Crippen LogP contribution in [0.4, 0.5) is 0 Å². The van der Waals surface area contributed by atoms with Gasteiger partial charge in [0.15, 0.2) is 0 Å². The Morgan fingerprint density at radius 1 is 1.20 bits per heavy atom. The van der Waals surface area contributed by atoms with E-state index >= 15 is 0 Å². The SMILES string of the molecule is BrCC(CBr)(CCCC1CCCO1)c1ccccc1Br. The van der Waals surface area contributed by atoms with Gasteiger partial charge in [0, 0.05) is 27.2 Å². The highest BCUT2D eigenvalue weighted by Crippen LogP contribution is 2.38. The first-order valence-corrected chi connectivity index (χ1v) is 10.2. The van der Waals surface area contributed by atoms with E-state index in [4.69, 9.17) is 4.74 Å². The molecule has 0 aliphatic carbocycles. The molecular weight excluding hydrogens is 448 g/mol. The lowest BCUT2D eigenvalue weighted by molar-refractivity contribution is 0.101. The average Bonchev–Trinajstić information content (AvgIpc) is 2.98. The van der Waals surface area contributed by atoms with Gasteiger partial charge in [0.25, 0.3) is 0 Å². The molecule has 2 rings (SSSR count). The van der Waals surface area contributed by atoms with Crippen molar-refractivity contribution in [3.8, 4) is 0 Å². The summed E-state index contributed by atoms with van der Waals surface area (Å²) in [4.78, 5) is 0. The fourth-order valence-electron chi connectivity index (χ4n) is 2.88. The standard InChI is InChI=1S/C16H21Br3O/c17-11-16(12-18,14-7-1-2-8-15(14)19)9-3-5-13-6-4-10-20-13/h1-2,7-8,13H,3-6,9-12H2. The second kappa shape index (κ2) is 8.30. The fraction of sp³-hybridized carbons (Fsp3) is 0.625. The van der Waals surface area contributed by atoms with E-state index in [9.17, 15) is 0 Å². The molecule has 0 amide bonds. The summed E-state index contributed by atoms with van der Waals surface area (Å²) in [7, 11) is 0. The molecule has 1 aromatic rings. The van der Waals surface area contributed by atoms with Gasteiger partial charge in [0.1, 0.15) is 0 Å². The molecule has 0 aromatic heterocycles. The minimum Gasteiger partial charge on any atom is -0.378 e. The summed E-state index contributed by atoms with van der Waals surface area (Å²) in [6.45, 7) is 0.955. The molecule has 112 valence electrons. The Labute approximate surface area is 147 Å². The monoisotopic (exact) mass is 466 g/mol. The highest BCUT2D eigenvalue weighted by molar-refractivity contribution is 9.10. The summed E-state index contributed by atoms with van der Waals surface area (Å²) in [5.41, 5.74) is 1.54. The Morgan fingerprint density at radius 2 is 1.95 bits per heavy atom. The zero-order valence-electron chi connectivity index (χ0n) is 11.6. The summed E-state index contributed by atoms with van der Waals surface area (Å²) in [6.07, 6.45) is 6.54. The van der Waals surface area contributed by atoms with Crippen molar-refractivity contribution in [3.63, 3.8) is 0 Å². The zero-order chi connectivity index (χ0) is 14.4. The lowest BCUT2D eigenvalue weighted by Gasteiger charge is -2.32. The van der Waals surface area contributed by atoms with Gasteiger partial charge in [-0.3, -0.25) is 0 Å². The van der Waals surface area contributed by atoms with E-state index in [1.807, 2.05) is 0 Å². The Bertz CT molecular complexity index is 412. The molecule has 1 aliphatic heterocycles. The molecule has 0 saturated carbocycles. The molecule has 1 fully saturated rings. The molecule has 1 atom stereocenters.